The number of urea groups is 1. The number of benzene rings is 2. The van der Waals surface area contributed by atoms with E-state index in [0.29, 0.717) is 55.1 Å². The molecule has 1 saturated heterocycles. The van der Waals surface area contributed by atoms with Crippen molar-refractivity contribution in [3.05, 3.63) is 53.6 Å². The van der Waals surface area contributed by atoms with Crippen LogP contribution < -0.4 is 14.8 Å². The van der Waals surface area contributed by atoms with Gasteiger partial charge in [-0.1, -0.05) is 23.8 Å². The monoisotopic (exact) mass is 380 g/mol. The average Bonchev–Trinajstić information content (AvgIpc) is 2.69. The van der Waals surface area contributed by atoms with E-state index in [2.05, 4.69) is 5.32 Å². The van der Waals surface area contributed by atoms with Crippen LogP contribution in [0.2, 0.25) is 0 Å². The lowest BCUT2D eigenvalue weighted by molar-refractivity contribution is 0.000362. The molecule has 2 aliphatic heterocycles. The van der Waals surface area contributed by atoms with E-state index in [1.807, 2.05) is 43.3 Å². The van der Waals surface area contributed by atoms with Gasteiger partial charge in [-0.3, -0.25) is 4.79 Å². The van der Waals surface area contributed by atoms with Crippen molar-refractivity contribution in [2.24, 2.45) is 0 Å². The third-order valence-corrected chi connectivity index (χ3v) is 5.56. The molecule has 6 nitrogen and oxygen atoms in total. The summed E-state index contributed by atoms with van der Waals surface area (Å²) in [6.45, 7) is 3.04. The minimum absolute atomic E-state index is 0.122. The van der Waals surface area contributed by atoms with E-state index in [4.69, 9.17) is 9.47 Å². The Morgan fingerprint density at radius 2 is 1.93 bits per heavy atom. The van der Waals surface area contributed by atoms with Gasteiger partial charge >= 0.3 is 6.03 Å². The van der Waals surface area contributed by atoms with Gasteiger partial charge in [0.05, 0.1) is 24.8 Å². The topological polar surface area (TPSA) is 67.9 Å². The van der Waals surface area contributed by atoms with E-state index in [1.54, 1.807) is 18.1 Å². The van der Waals surface area contributed by atoms with Crippen molar-refractivity contribution < 1.29 is 19.1 Å². The van der Waals surface area contributed by atoms with Gasteiger partial charge in [0.1, 0.15) is 17.1 Å². The molecular weight excluding hydrogens is 356 g/mol. The molecule has 1 fully saturated rings. The number of likely N-dealkylation sites (tertiary alicyclic amines) is 1. The van der Waals surface area contributed by atoms with E-state index in [1.165, 1.54) is 0 Å². The highest BCUT2D eigenvalue weighted by Crippen LogP contribution is 2.39. The zero-order valence-electron chi connectivity index (χ0n) is 16.2. The van der Waals surface area contributed by atoms with Gasteiger partial charge in [0, 0.05) is 25.9 Å². The summed E-state index contributed by atoms with van der Waals surface area (Å²) in [6, 6.07) is 12.9. The van der Waals surface area contributed by atoms with Gasteiger partial charge in [-0.05, 0) is 31.2 Å². The Bertz CT molecular complexity index is 917. The number of carbonyl (C=O) groups excluding carboxylic acids is 2. The predicted molar refractivity (Wildman–Crippen MR) is 106 cm³/mol. The van der Waals surface area contributed by atoms with Crippen LogP contribution in [-0.2, 0) is 0 Å². The number of para-hydroxylation sites is 2. The first-order valence-electron chi connectivity index (χ1n) is 9.51. The Morgan fingerprint density at radius 1 is 1.18 bits per heavy atom. The van der Waals surface area contributed by atoms with Crippen LogP contribution in [0.15, 0.2) is 42.5 Å². The Hall–Kier alpha value is -3.02. The Balaban J connectivity index is 1.42. The lowest BCUT2D eigenvalue weighted by Crippen LogP contribution is -2.53. The molecule has 2 heterocycles. The van der Waals surface area contributed by atoms with Gasteiger partial charge in [-0.15, -0.1) is 0 Å². The molecule has 2 aliphatic rings. The predicted octanol–water partition coefficient (Wildman–Crippen LogP) is 4.04. The van der Waals surface area contributed by atoms with Gasteiger partial charge < -0.3 is 19.7 Å². The molecule has 0 aromatic heterocycles. The molecule has 0 unspecified atom stereocenters. The second-order valence-electron chi connectivity index (χ2n) is 7.50. The van der Waals surface area contributed by atoms with Crippen LogP contribution in [0.3, 0.4) is 0 Å². The molecule has 2 aromatic rings. The summed E-state index contributed by atoms with van der Waals surface area (Å²) in [7, 11) is 1.58. The zero-order chi connectivity index (χ0) is 19.7. The third kappa shape index (κ3) is 3.42. The number of nitrogens with one attached hydrogen (secondary N) is 1. The molecule has 6 heteroatoms. The summed E-state index contributed by atoms with van der Waals surface area (Å²) < 4.78 is 11.6. The number of carbonyl (C=O) groups is 2. The van der Waals surface area contributed by atoms with Crippen molar-refractivity contribution in [2.75, 3.05) is 25.5 Å². The van der Waals surface area contributed by atoms with Crippen LogP contribution in [0.1, 0.15) is 35.2 Å². The number of hydrogen-bond donors (Lipinski definition) is 1. The summed E-state index contributed by atoms with van der Waals surface area (Å²) in [4.78, 5) is 27.1. The standard InChI is InChI=1S/C22H24N2O4/c1-15-7-8-19-16(13-15)18(25)14-22(28-19)9-11-24(12-10-22)21(26)23-17-5-3-4-6-20(17)27-2/h3-8,13H,9-12,14H2,1-2H3,(H,23,26). The van der Waals surface area contributed by atoms with Gasteiger partial charge in [0.15, 0.2) is 5.78 Å². The molecule has 0 radical (unpaired) electrons. The number of amides is 2. The fourth-order valence-electron chi connectivity index (χ4n) is 3.95. The maximum absolute atomic E-state index is 12.7. The molecule has 28 heavy (non-hydrogen) atoms. The lowest BCUT2D eigenvalue weighted by atomic mass is 9.82. The number of fused-ring (bicyclic) bond motifs is 1. The van der Waals surface area contributed by atoms with Gasteiger partial charge in [0.25, 0.3) is 0 Å². The van der Waals surface area contributed by atoms with E-state index < -0.39 is 5.60 Å². The second kappa shape index (κ2) is 7.19. The number of ketones is 1. The molecule has 0 aliphatic carbocycles. The number of ether oxygens (including phenoxy) is 2. The van der Waals surface area contributed by atoms with Crippen LogP contribution in [0.4, 0.5) is 10.5 Å². The molecule has 0 atom stereocenters. The molecule has 0 bridgehead atoms. The number of hydrogen-bond acceptors (Lipinski definition) is 4. The molecule has 1 spiro atoms. The summed E-state index contributed by atoms with van der Waals surface area (Å²) in [5.41, 5.74) is 1.85. The van der Waals surface area contributed by atoms with Crippen LogP contribution in [0, 0.1) is 6.92 Å². The van der Waals surface area contributed by atoms with E-state index in [0.717, 1.165) is 5.56 Å². The van der Waals surface area contributed by atoms with Crippen LogP contribution in [0.25, 0.3) is 0 Å². The summed E-state index contributed by atoms with van der Waals surface area (Å²) in [5.74, 6) is 1.41. The van der Waals surface area contributed by atoms with Gasteiger partial charge in [-0.25, -0.2) is 4.79 Å². The average molecular weight is 380 g/mol. The van der Waals surface area contributed by atoms with Crippen molar-refractivity contribution in [1.82, 2.24) is 4.90 Å². The minimum Gasteiger partial charge on any atom is -0.495 e. The second-order valence-corrected chi connectivity index (χ2v) is 7.50. The van der Waals surface area contributed by atoms with Crippen molar-refractivity contribution in [3.63, 3.8) is 0 Å². The fourth-order valence-corrected chi connectivity index (χ4v) is 3.95. The maximum atomic E-state index is 12.7. The number of anilines is 1. The summed E-state index contributed by atoms with van der Waals surface area (Å²) in [6.07, 6.45) is 1.63. The lowest BCUT2D eigenvalue weighted by Gasteiger charge is -2.43. The molecular formula is C22H24N2O4. The molecule has 146 valence electrons. The van der Waals surface area contributed by atoms with Crippen molar-refractivity contribution in [3.8, 4) is 11.5 Å². The molecule has 4 rings (SSSR count). The number of methoxy groups -OCH3 is 1. The molecule has 2 amide bonds. The van der Waals surface area contributed by atoms with E-state index >= 15 is 0 Å². The zero-order valence-corrected chi connectivity index (χ0v) is 16.2. The highest BCUT2D eigenvalue weighted by molar-refractivity contribution is 6.00. The first-order valence-corrected chi connectivity index (χ1v) is 9.51. The maximum Gasteiger partial charge on any atom is 0.321 e. The molecule has 0 saturated carbocycles. The molecule has 1 N–H and O–H groups in total. The summed E-state index contributed by atoms with van der Waals surface area (Å²) in [5, 5.41) is 2.91. The van der Waals surface area contributed by atoms with E-state index in [-0.39, 0.29) is 11.8 Å². The minimum atomic E-state index is -0.513. The number of nitrogens with zero attached hydrogens (tertiary/aromatic N) is 1. The Morgan fingerprint density at radius 3 is 2.68 bits per heavy atom. The van der Waals surface area contributed by atoms with Crippen molar-refractivity contribution in [2.45, 2.75) is 31.8 Å². The highest BCUT2D eigenvalue weighted by Gasteiger charge is 2.43. The quantitative estimate of drug-likeness (QED) is 0.854. The highest BCUT2D eigenvalue weighted by atomic mass is 16.5. The van der Waals surface area contributed by atoms with E-state index in [9.17, 15) is 9.59 Å². The number of piperidine rings is 1. The third-order valence-electron chi connectivity index (χ3n) is 5.56. The SMILES string of the molecule is COc1ccccc1NC(=O)N1CCC2(CC1)CC(=O)c1cc(C)ccc1O2. The fraction of sp³-hybridized carbons (Fsp3) is 0.364. The van der Waals surface area contributed by atoms with Gasteiger partial charge in [-0.2, -0.15) is 0 Å². The smallest absolute Gasteiger partial charge is 0.321 e. The van der Waals surface area contributed by atoms with Crippen molar-refractivity contribution in [1.29, 1.82) is 0 Å². The Labute approximate surface area is 164 Å². The first-order chi connectivity index (χ1) is 13.5. The summed E-state index contributed by atoms with van der Waals surface area (Å²) >= 11 is 0. The Kier molecular flexibility index (Phi) is 4.71. The van der Waals surface area contributed by atoms with Crippen LogP contribution in [0.5, 0.6) is 11.5 Å². The van der Waals surface area contributed by atoms with Gasteiger partial charge in [0.2, 0.25) is 0 Å². The molecule has 2 aromatic carbocycles. The van der Waals surface area contributed by atoms with Crippen LogP contribution in [-0.4, -0.2) is 42.5 Å². The van der Waals surface area contributed by atoms with Crippen LogP contribution >= 0.6 is 0 Å². The van der Waals surface area contributed by atoms with Crippen molar-refractivity contribution >= 4 is 17.5 Å². The number of rotatable bonds is 2. The number of aryl methyl sites for hydroxylation is 1. The first kappa shape index (κ1) is 18.3. The largest absolute Gasteiger partial charge is 0.495 e. The number of Topliss-reactive ketones (excluding diaryl/α,β-unsaturated/α-hetero) is 1. The normalized spacial score (nSPS) is 17.6.